The van der Waals surface area contributed by atoms with Crippen molar-refractivity contribution in [2.24, 2.45) is 0 Å². The molecule has 3 rings (SSSR count). The highest BCUT2D eigenvalue weighted by atomic mass is 16.6. The van der Waals surface area contributed by atoms with Gasteiger partial charge in [0, 0.05) is 35.6 Å². The second kappa shape index (κ2) is 7.86. The molecule has 0 radical (unpaired) electrons. The number of H-pyrrole nitrogens is 1. The van der Waals surface area contributed by atoms with Crippen molar-refractivity contribution >= 4 is 22.9 Å². The Bertz CT molecular complexity index is 871. The number of likely N-dealkylation sites (tertiary alicyclic amines) is 1. The quantitative estimate of drug-likeness (QED) is 0.838. The molecule has 1 saturated heterocycles. The van der Waals surface area contributed by atoms with Gasteiger partial charge in [0.1, 0.15) is 12.1 Å². The Kier molecular flexibility index (Phi) is 5.68. The van der Waals surface area contributed by atoms with Gasteiger partial charge >= 0.3 is 6.09 Å². The molecule has 0 aliphatic carbocycles. The third-order valence-corrected chi connectivity index (χ3v) is 5.29. The van der Waals surface area contributed by atoms with Gasteiger partial charge in [-0.1, -0.05) is 11.6 Å². The van der Waals surface area contributed by atoms with Gasteiger partial charge in [0.15, 0.2) is 0 Å². The van der Waals surface area contributed by atoms with E-state index < -0.39 is 11.7 Å². The minimum atomic E-state index is -0.568. The number of fused-ring (bicyclic) bond motifs is 1. The van der Waals surface area contributed by atoms with Gasteiger partial charge in [-0.3, -0.25) is 4.79 Å². The Morgan fingerprint density at radius 2 is 1.89 bits per heavy atom. The van der Waals surface area contributed by atoms with Gasteiger partial charge in [-0.05, 0) is 65.2 Å². The minimum Gasteiger partial charge on any atom is -0.444 e. The van der Waals surface area contributed by atoms with Gasteiger partial charge in [0.05, 0.1) is 0 Å². The van der Waals surface area contributed by atoms with E-state index in [1.165, 1.54) is 27.7 Å². The maximum Gasteiger partial charge on any atom is 0.408 e. The lowest BCUT2D eigenvalue weighted by molar-refractivity contribution is -0.131. The summed E-state index contributed by atoms with van der Waals surface area (Å²) in [6, 6.07) is 6.49. The van der Waals surface area contributed by atoms with Crippen molar-refractivity contribution in [1.82, 2.24) is 15.2 Å². The van der Waals surface area contributed by atoms with Crippen LogP contribution in [0.15, 0.2) is 18.2 Å². The second-order valence-electron chi connectivity index (χ2n) is 8.72. The number of hydrogen-bond acceptors (Lipinski definition) is 3. The molecule has 1 fully saturated rings. The minimum absolute atomic E-state index is 0.0235. The van der Waals surface area contributed by atoms with E-state index >= 15 is 0 Å². The molecular weight excluding hydrogens is 354 g/mol. The summed E-state index contributed by atoms with van der Waals surface area (Å²) in [7, 11) is 0. The number of nitrogens with one attached hydrogen (secondary N) is 2. The molecule has 0 bridgehead atoms. The van der Waals surface area contributed by atoms with Crippen LogP contribution in [0.2, 0.25) is 0 Å². The van der Waals surface area contributed by atoms with E-state index in [-0.39, 0.29) is 12.5 Å². The number of hydrogen-bond donors (Lipinski definition) is 2. The summed E-state index contributed by atoms with van der Waals surface area (Å²) in [6.45, 7) is 11.1. The van der Waals surface area contributed by atoms with Crippen LogP contribution in [0.5, 0.6) is 0 Å². The molecule has 2 aromatic rings. The van der Waals surface area contributed by atoms with Crippen molar-refractivity contribution in [1.29, 1.82) is 0 Å². The first kappa shape index (κ1) is 20.2. The van der Waals surface area contributed by atoms with Crippen molar-refractivity contribution < 1.29 is 14.3 Å². The lowest BCUT2D eigenvalue weighted by atomic mass is 9.91. The standard InChI is InChI=1S/C22H31N3O3/c1-14-6-7-18-17(12-14)15(2)20(24-18)16-8-10-25(11-9-16)19(26)13-23-21(27)28-22(3,4)5/h6-7,12,16,24H,8-11,13H2,1-5H3,(H,23,27). The Labute approximate surface area is 166 Å². The van der Waals surface area contributed by atoms with Crippen molar-refractivity contribution in [3.63, 3.8) is 0 Å². The number of aromatic amines is 1. The zero-order valence-corrected chi connectivity index (χ0v) is 17.5. The van der Waals surface area contributed by atoms with E-state index in [0.29, 0.717) is 19.0 Å². The predicted molar refractivity (Wildman–Crippen MR) is 111 cm³/mol. The van der Waals surface area contributed by atoms with E-state index in [1.807, 2.05) is 4.90 Å². The Morgan fingerprint density at radius 3 is 2.54 bits per heavy atom. The number of piperidine rings is 1. The summed E-state index contributed by atoms with van der Waals surface area (Å²) in [5, 5.41) is 3.84. The van der Waals surface area contributed by atoms with Gasteiger partial charge in [-0.15, -0.1) is 0 Å². The average molecular weight is 386 g/mol. The first-order valence-corrected chi connectivity index (χ1v) is 9.97. The highest BCUT2D eigenvalue weighted by molar-refractivity contribution is 5.85. The van der Waals surface area contributed by atoms with Crippen LogP contribution in [0.1, 0.15) is 56.4 Å². The van der Waals surface area contributed by atoms with Gasteiger partial charge < -0.3 is 19.9 Å². The molecule has 2 heterocycles. The van der Waals surface area contributed by atoms with Gasteiger partial charge in [0.2, 0.25) is 5.91 Å². The molecule has 1 aliphatic heterocycles. The second-order valence-corrected chi connectivity index (χ2v) is 8.72. The summed E-state index contributed by atoms with van der Waals surface area (Å²) >= 11 is 0. The SMILES string of the molecule is Cc1ccc2[nH]c(C3CCN(C(=O)CNC(=O)OC(C)(C)C)CC3)c(C)c2c1. The monoisotopic (exact) mass is 385 g/mol. The van der Waals surface area contributed by atoms with Crippen LogP contribution in [-0.4, -0.2) is 47.1 Å². The summed E-state index contributed by atoms with van der Waals surface area (Å²) in [5.41, 5.74) is 4.48. The van der Waals surface area contributed by atoms with E-state index in [1.54, 1.807) is 20.8 Å². The lowest BCUT2D eigenvalue weighted by Gasteiger charge is -2.32. The number of nitrogens with zero attached hydrogens (tertiary/aromatic N) is 1. The number of aryl methyl sites for hydroxylation is 2. The molecule has 2 N–H and O–H groups in total. The van der Waals surface area contributed by atoms with E-state index in [4.69, 9.17) is 4.74 Å². The molecule has 152 valence electrons. The zero-order valence-electron chi connectivity index (χ0n) is 17.5. The smallest absolute Gasteiger partial charge is 0.408 e. The predicted octanol–water partition coefficient (Wildman–Crippen LogP) is 4.02. The van der Waals surface area contributed by atoms with E-state index in [2.05, 4.69) is 42.3 Å². The molecule has 2 amide bonds. The number of aromatic nitrogens is 1. The van der Waals surface area contributed by atoms with Crippen LogP contribution in [-0.2, 0) is 9.53 Å². The topological polar surface area (TPSA) is 74.4 Å². The van der Waals surface area contributed by atoms with Crippen LogP contribution in [0.3, 0.4) is 0 Å². The third-order valence-electron chi connectivity index (χ3n) is 5.29. The number of rotatable bonds is 3. The fourth-order valence-corrected chi connectivity index (χ4v) is 3.86. The molecule has 6 nitrogen and oxygen atoms in total. The molecule has 1 aliphatic rings. The Morgan fingerprint density at radius 1 is 1.21 bits per heavy atom. The van der Waals surface area contributed by atoms with E-state index in [0.717, 1.165) is 12.8 Å². The number of ether oxygens (including phenoxy) is 1. The number of carbonyl (C=O) groups excluding carboxylic acids is 2. The van der Waals surface area contributed by atoms with Crippen molar-refractivity contribution in [3.8, 4) is 0 Å². The molecule has 0 saturated carbocycles. The van der Waals surface area contributed by atoms with Gasteiger partial charge in [-0.25, -0.2) is 4.79 Å². The van der Waals surface area contributed by atoms with Gasteiger partial charge in [0.25, 0.3) is 0 Å². The van der Waals surface area contributed by atoms with Crippen LogP contribution in [0, 0.1) is 13.8 Å². The molecule has 1 aromatic carbocycles. The van der Waals surface area contributed by atoms with Crippen molar-refractivity contribution in [3.05, 3.63) is 35.0 Å². The van der Waals surface area contributed by atoms with Crippen LogP contribution >= 0.6 is 0 Å². The van der Waals surface area contributed by atoms with Crippen LogP contribution in [0.25, 0.3) is 10.9 Å². The maximum absolute atomic E-state index is 12.4. The summed E-state index contributed by atoms with van der Waals surface area (Å²) in [4.78, 5) is 29.5. The molecule has 0 atom stereocenters. The molecule has 0 unspecified atom stereocenters. The molecule has 1 aromatic heterocycles. The normalized spacial score (nSPS) is 15.7. The highest BCUT2D eigenvalue weighted by Gasteiger charge is 2.27. The summed E-state index contributed by atoms with van der Waals surface area (Å²) in [5.74, 6) is 0.365. The number of amides is 2. The summed E-state index contributed by atoms with van der Waals surface area (Å²) in [6.07, 6.45) is 1.29. The Hall–Kier alpha value is -2.50. The first-order valence-electron chi connectivity index (χ1n) is 9.97. The van der Waals surface area contributed by atoms with Crippen molar-refractivity contribution in [2.75, 3.05) is 19.6 Å². The fraction of sp³-hybridized carbons (Fsp3) is 0.545. The lowest BCUT2D eigenvalue weighted by Crippen LogP contribution is -2.44. The largest absolute Gasteiger partial charge is 0.444 e. The van der Waals surface area contributed by atoms with Crippen molar-refractivity contribution in [2.45, 2.75) is 59.0 Å². The molecular formula is C22H31N3O3. The zero-order chi connectivity index (χ0) is 20.5. The number of alkyl carbamates (subject to hydrolysis) is 1. The van der Waals surface area contributed by atoms with Crippen LogP contribution < -0.4 is 5.32 Å². The molecule has 0 spiro atoms. The van der Waals surface area contributed by atoms with E-state index in [9.17, 15) is 9.59 Å². The highest BCUT2D eigenvalue weighted by Crippen LogP contribution is 2.33. The third kappa shape index (κ3) is 4.66. The summed E-state index contributed by atoms with van der Waals surface area (Å²) < 4.78 is 5.18. The number of carbonyl (C=O) groups is 2. The van der Waals surface area contributed by atoms with Gasteiger partial charge in [-0.2, -0.15) is 0 Å². The number of benzene rings is 1. The Balaban J connectivity index is 1.55. The fourth-order valence-electron chi connectivity index (χ4n) is 3.86. The van der Waals surface area contributed by atoms with Crippen LogP contribution in [0.4, 0.5) is 4.79 Å². The molecule has 6 heteroatoms. The maximum atomic E-state index is 12.4. The average Bonchev–Trinajstić information content (AvgIpc) is 2.95. The molecule has 28 heavy (non-hydrogen) atoms. The first-order chi connectivity index (χ1) is 13.1.